The van der Waals surface area contributed by atoms with Crippen LogP contribution in [0.15, 0.2) is 35.3 Å². The van der Waals surface area contributed by atoms with Crippen molar-refractivity contribution in [1.29, 1.82) is 0 Å². The first-order valence-corrected chi connectivity index (χ1v) is 8.65. The molecule has 1 amide bonds. The van der Waals surface area contributed by atoms with Gasteiger partial charge in [0.1, 0.15) is 11.4 Å². The fraction of sp³-hybridized carbons (Fsp3) is 0.421. The molecule has 132 valence electrons. The highest BCUT2D eigenvalue weighted by Gasteiger charge is 2.18. The molecule has 1 saturated heterocycles. The number of aryl methyl sites for hydroxylation is 1. The van der Waals surface area contributed by atoms with Gasteiger partial charge >= 0.3 is 0 Å². The zero-order chi connectivity index (χ0) is 17.8. The fourth-order valence-corrected chi connectivity index (χ4v) is 3.22. The smallest absolute Gasteiger partial charge is 0.263 e. The van der Waals surface area contributed by atoms with Crippen molar-refractivity contribution in [2.24, 2.45) is 0 Å². The fourth-order valence-electron chi connectivity index (χ4n) is 3.22. The molecule has 1 aromatic carbocycles. The number of amides is 1. The van der Waals surface area contributed by atoms with Crippen LogP contribution in [0.2, 0.25) is 0 Å². The van der Waals surface area contributed by atoms with Crippen LogP contribution in [0.5, 0.6) is 0 Å². The summed E-state index contributed by atoms with van der Waals surface area (Å²) in [6, 6.07) is 8.19. The Bertz CT molecular complexity index is 809. The van der Waals surface area contributed by atoms with Crippen molar-refractivity contribution in [2.75, 3.05) is 20.1 Å². The van der Waals surface area contributed by atoms with E-state index in [-0.39, 0.29) is 11.5 Å². The first-order chi connectivity index (χ1) is 12.0. The van der Waals surface area contributed by atoms with Crippen LogP contribution in [0.25, 0.3) is 0 Å². The number of aromatic nitrogens is 2. The van der Waals surface area contributed by atoms with Gasteiger partial charge in [0.05, 0.1) is 0 Å². The number of aromatic amines is 1. The van der Waals surface area contributed by atoms with Crippen molar-refractivity contribution in [2.45, 2.75) is 32.9 Å². The number of hydrogen-bond acceptors (Lipinski definition) is 4. The molecule has 1 aliphatic heterocycles. The lowest BCUT2D eigenvalue weighted by Crippen LogP contribution is -2.32. The van der Waals surface area contributed by atoms with Crippen LogP contribution in [-0.2, 0) is 13.1 Å². The minimum absolute atomic E-state index is 0.0742. The number of H-pyrrole nitrogens is 1. The molecule has 3 rings (SSSR count). The molecule has 6 heteroatoms. The predicted octanol–water partition coefficient (Wildman–Crippen LogP) is 1.95. The van der Waals surface area contributed by atoms with Gasteiger partial charge < -0.3 is 9.88 Å². The summed E-state index contributed by atoms with van der Waals surface area (Å²) >= 11 is 0. The maximum atomic E-state index is 12.6. The second-order valence-electron chi connectivity index (χ2n) is 6.62. The Kier molecular flexibility index (Phi) is 5.28. The molecule has 1 aliphatic rings. The van der Waals surface area contributed by atoms with Gasteiger partial charge in [0.2, 0.25) is 0 Å². The molecule has 0 radical (unpaired) electrons. The summed E-state index contributed by atoms with van der Waals surface area (Å²) in [6.07, 6.45) is 3.86. The van der Waals surface area contributed by atoms with E-state index in [0.717, 1.165) is 25.2 Å². The van der Waals surface area contributed by atoms with Gasteiger partial charge in [-0.2, -0.15) is 0 Å². The lowest BCUT2D eigenvalue weighted by Gasteiger charge is -2.21. The average Bonchev–Trinajstić information content (AvgIpc) is 3.09. The Morgan fingerprint density at radius 3 is 2.60 bits per heavy atom. The van der Waals surface area contributed by atoms with Crippen molar-refractivity contribution in [3.8, 4) is 0 Å². The Balaban J connectivity index is 1.75. The van der Waals surface area contributed by atoms with Crippen LogP contribution < -0.4 is 5.56 Å². The Labute approximate surface area is 147 Å². The molecular formula is C19H24N4O2. The summed E-state index contributed by atoms with van der Waals surface area (Å²) in [6.45, 7) is 5.33. The third-order valence-corrected chi connectivity index (χ3v) is 4.62. The second-order valence-corrected chi connectivity index (χ2v) is 6.62. The Hall–Kier alpha value is -2.47. The number of hydrogen-bond donors (Lipinski definition) is 1. The highest BCUT2D eigenvalue weighted by Crippen LogP contribution is 2.17. The van der Waals surface area contributed by atoms with E-state index in [2.05, 4.69) is 20.9 Å². The van der Waals surface area contributed by atoms with Crippen LogP contribution in [0.3, 0.4) is 0 Å². The minimum Gasteiger partial charge on any atom is -0.337 e. The molecule has 0 unspecified atom stereocenters. The number of carbonyl (C=O) groups is 1. The average molecular weight is 340 g/mol. The summed E-state index contributed by atoms with van der Waals surface area (Å²) in [5, 5.41) is 0. The van der Waals surface area contributed by atoms with Gasteiger partial charge in [0.15, 0.2) is 0 Å². The summed E-state index contributed by atoms with van der Waals surface area (Å²) < 4.78 is 0. The monoisotopic (exact) mass is 340 g/mol. The molecular weight excluding hydrogens is 316 g/mol. The molecule has 1 aromatic heterocycles. The summed E-state index contributed by atoms with van der Waals surface area (Å²) in [4.78, 5) is 35.2. The van der Waals surface area contributed by atoms with Crippen LogP contribution in [0.1, 0.15) is 40.2 Å². The van der Waals surface area contributed by atoms with Crippen molar-refractivity contribution < 1.29 is 4.79 Å². The van der Waals surface area contributed by atoms with Crippen molar-refractivity contribution in [1.82, 2.24) is 19.8 Å². The van der Waals surface area contributed by atoms with E-state index in [4.69, 9.17) is 0 Å². The molecule has 1 fully saturated rings. The van der Waals surface area contributed by atoms with Crippen LogP contribution in [0.4, 0.5) is 0 Å². The molecule has 6 nitrogen and oxygen atoms in total. The van der Waals surface area contributed by atoms with E-state index < -0.39 is 5.56 Å². The largest absolute Gasteiger partial charge is 0.337 e. The van der Waals surface area contributed by atoms with Gasteiger partial charge in [-0.1, -0.05) is 24.3 Å². The minimum atomic E-state index is -0.394. The number of likely N-dealkylation sites (tertiary alicyclic amines) is 1. The number of benzene rings is 1. The van der Waals surface area contributed by atoms with E-state index >= 15 is 0 Å². The summed E-state index contributed by atoms with van der Waals surface area (Å²) in [7, 11) is 1.72. The van der Waals surface area contributed by atoms with Gasteiger partial charge in [-0.05, 0) is 44.0 Å². The number of rotatable bonds is 5. The quantitative estimate of drug-likeness (QED) is 0.903. The number of nitrogens with one attached hydrogen (secondary N) is 1. The van der Waals surface area contributed by atoms with Crippen molar-refractivity contribution in [3.05, 3.63) is 63.3 Å². The lowest BCUT2D eigenvalue weighted by atomic mass is 10.1. The van der Waals surface area contributed by atoms with Crippen LogP contribution >= 0.6 is 0 Å². The van der Waals surface area contributed by atoms with E-state index in [1.54, 1.807) is 18.9 Å². The molecule has 25 heavy (non-hydrogen) atoms. The van der Waals surface area contributed by atoms with E-state index in [0.29, 0.717) is 12.4 Å². The van der Waals surface area contributed by atoms with Gasteiger partial charge in [-0.15, -0.1) is 0 Å². The van der Waals surface area contributed by atoms with Crippen molar-refractivity contribution in [3.63, 3.8) is 0 Å². The number of nitrogens with zero attached hydrogens (tertiary/aromatic N) is 3. The summed E-state index contributed by atoms with van der Waals surface area (Å²) in [5.41, 5.74) is 2.03. The normalized spacial score (nSPS) is 14.6. The maximum Gasteiger partial charge on any atom is 0.263 e. The van der Waals surface area contributed by atoms with Crippen LogP contribution in [-0.4, -0.2) is 45.8 Å². The SMILES string of the molecule is Cc1ncc(C(=O)N(C)Cc2ccccc2CN2CCCC2)c(=O)[nH]1. The predicted molar refractivity (Wildman–Crippen MR) is 96.3 cm³/mol. The highest BCUT2D eigenvalue weighted by atomic mass is 16.2. The zero-order valence-corrected chi connectivity index (χ0v) is 14.8. The molecule has 2 aromatic rings. The van der Waals surface area contributed by atoms with Gasteiger partial charge in [0.25, 0.3) is 11.5 Å². The maximum absolute atomic E-state index is 12.6. The summed E-state index contributed by atoms with van der Waals surface area (Å²) in [5.74, 6) is 0.185. The third-order valence-electron chi connectivity index (χ3n) is 4.62. The molecule has 0 bridgehead atoms. The molecule has 0 spiro atoms. The van der Waals surface area contributed by atoms with Crippen LogP contribution in [0, 0.1) is 6.92 Å². The first kappa shape index (κ1) is 17.4. The van der Waals surface area contributed by atoms with Crippen molar-refractivity contribution >= 4 is 5.91 Å². The standard InChI is InChI=1S/C19H24N4O2/c1-14-20-11-17(18(24)21-14)19(25)22(2)12-15-7-3-4-8-16(15)13-23-9-5-6-10-23/h3-4,7-8,11H,5-6,9-10,12-13H2,1-2H3,(H,20,21,24). The molecule has 0 aliphatic carbocycles. The van der Waals surface area contributed by atoms with E-state index in [1.807, 2.05) is 18.2 Å². The lowest BCUT2D eigenvalue weighted by molar-refractivity contribution is 0.0782. The molecule has 1 N–H and O–H groups in total. The highest BCUT2D eigenvalue weighted by molar-refractivity contribution is 5.93. The third kappa shape index (κ3) is 4.14. The number of carbonyl (C=O) groups excluding carboxylic acids is 1. The van der Waals surface area contributed by atoms with E-state index in [1.165, 1.54) is 24.6 Å². The first-order valence-electron chi connectivity index (χ1n) is 8.65. The Morgan fingerprint density at radius 2 is 1.92 bits per heavy atom. The zero-order valence-electron chi connectivity index (χ0n) is 14.8. The van der Waals surface area contributed by atoms with E-state index in [9.17, 15) is 9.59 Å². The molecule has 0 saturated carbocycles. The van der Waals surface area contributed by atoms with Gasteiger partial charge in [0, 0.05) is 26.3 Å². The topological polar surface area (TPSA) is 69.3 Å². The molecule has 0 atom stereocenters. The molecule has 2 heterocycles. The van der Waals surface area contributed by atoms with Gasteiger partial charge in [-0.3, -0.25) is 14.5 Å². The van der Waals surface area contributed by atoms with Gasteiger partial charge in [-0.25, -0.2) is 4.98 Å². The Morgan fingerprint density at radius 1 is 1.24 bits per heavy atom. The second kappa shape index (κ2) is 7.61.